The Balaban J connectivity index is 2.04. The molecule has 19 heavy (non-hydrogen) atoms. The molecule has 0 radical (unpaired) electrons. The molecule has 0 aliphatic heterocycles. The quantitative estimate of drug-likeness (QED) is 0.868. The second-order valence-electron chi connectivity index (χ2n) is 4.25. The molecule has 0 unspecified atom stereocenters. The van der Waals surface area contributed by atoms with Crippen LogP contribution in [-0.2, 0) is 6.54 Å². The minimum Gasteiger partial charge on any atom is -0.382 e. The lowest BCUT2D eigenvalue weighted by Crippen LogP contribution is -2.25. The van der Waals surface area contributed by atoms with E-state index in [2.05, 4.69) is 37.2 Å². The first-order valence-corrected chi connectivity index (χ1v) is 7.51. The van der Waals surface area contributed by atoms with Gasteiger partial charge < -0.3 is 9.88 Å². The number of nitrogens with zero attached hydrogens (tertiary/aromatic N) is 1. The molecule has 1 aromatic carbocycles. The number of rotatable bonds is 4. The van der Waals surface area contributed by atoms with Crippen molar-refractivity contribution in [2.75, 3.05) is 11.9 Å². The minimum absolute atomic E-state index is 0.0529. The Morgan fingerprint density at radius 2 is 2.00 bits per heavy atom. The van der Waals surface area contributed by atoms with Gasteiger partial charge in [-0.25, -0.2) is 0 Å². The standard InChI is InChI=1S/C14H14Br2N2O/c1-10-8-11(15)9-18(14(10)19)7-6-17-13-5-3-2-4-12(13)16/h2-5,8-9,17H,6-7H2,1H3. The molecule has 0 fully saturated rings. The molecule has 0 aliphatic carbocycles. The average Bonchev–Trinajstić information content (AvgIpc) is 2.37. The minimum atomic E-state index is 0.0529. The molecule has 0 aliphatic rings. The molecular formula is C14H14Br2N2O. The van der Waals surface area contributed by atoms with Crippen LogP contribution in [0.15, 0.2) is 50.3 Å². The summed E-state index contributed by atoms with van der Waals surface area (Å²) in [7, 11) is 0. The molecule has 0 bridgehead atoms. The molecule has 2 aromatic rings. The van der Waals surface area contributed by atoms with Crippen LogP contribution in [0, 0.1) is 6.92 Å². The van der Waals surface area contributed by atoms with Gasteiger partial charge in [0, 0.05) is 39.5 Å². The third-order valence-corrected chi connectivity index (χ3v) is 3.90. The molecule has 0 saturated carbocycles. The fourth-order valence-electron chi connectivity index (χ4n) is 1.82. The summed E-state index contributed by atoms with van der Waals surface area (Å²) in [6.45, 7) is 3.14. The number of para-hydroxylation sites is 1. The van der Waals surface area contributed by atoms with Crippen molar-refractivity contribution < 1.29 is 0 Å². The maximum Gasteiger partial charge on any atom is 0.253 e. The maximum atomic E-state index is 11.9. The van der Waals surface area contributed by atoms with Crippen LogP contribution in [0.4, 0.5) is 5.69 Å². The Labute approximate surface area is 128 Å². The van der Waals surface area contributed by atoms with Crippen LogP contribution in [0.2, 0.25) is 0 Å². The molecule has 0 saturated heterocycles. The summed E-state index contributed by atoms with van der Waals surface area (Å²) < 4.78 is 3.65. The van der Waals surface area contributed by atoms with Gasteiger partial charge in [-0.15, -0.1) is 0 Å². The van der Waals surface area contributed by atoms with Crippen molar-refractivity contribution in [1.82, 2.24) is 4.57 Å². The summed E-state index contributed by atoms with van der Waals surface area (Å²) in [5.41, 5.74) is 1.83. The van der Waals surface area contributed by atoms with Crippen molar-refractivity contribution in [3.8, 4) is 0 Å². The fraction of sp³-hybridized carbons (Fsp3) is 0.214. The summed E-state index contributed by atoms with van der Waals surface area (Å²) in [6.07, 6.45) is 1.82. The van der Waals surface area contributed by atoms with Crippen LogP contribution in [0.1, 0.15) is 5.56 Å². The summed E-state index contributed by atoms with van der Waals surface area (Å²) in [5, 5.41) is 3.31. The number of aromatic nitrogens is 1. The van der Waals surface area contributed by atoms with Gasteiger partial charge in [-0.1, -0.05) is 12.1 Å². The highest BCUT2D eigenvalue weighted by atomic mass is 79.9. The molecule has 1 aromatic heterocycles. The van der Waals surface area contributed by atoms with Gasteiger partial charge >= 0.3 is 0 Å². The molecule has 1 N–H and O–H groups in total. The second kappa shape index (κ2) is 6.39. The Morgan fingerprint density at radius 3 is 2.74 bits per heavy atom. The monoisotopic (exact) mass is 384 g/mol. The van der Waals surface area contributed by atoms with Crippen LogP contribution in [0.3, 0.4) is 0 Å². The zero-order valence-corrected chi connectivity index (χ0v) is 13.7. The summed E-state index contributed by atoms with van der Waals surface area (Å²) in [5.74, 6) is 0. The summed E-state index contributed by atoms with van der Waals surface area (Å²) in [6, 6.07) is 9.76. The highest BCUT2D eigenvalue weighted by Gasteiger charge is 2.02. The van der Waals surface area contributed by atoms with E-state index in [1.54, 1.807) is 4.57 Å². The first-order chi connectivity index (χ1) is 9.08. The topological polar surface area (TPSA) is 34.0 Å². The predicted octanol–water partition coefficient (Wildman–Crippen LogP) is 3.79. The number of hydrogen-bond donors (Lipinski definition) is 1. The van der Waals surface area contributed by atoms with Crippen molar-refractivity contribution in [1.29, 1.82) is 0 Å². The molecule has 0 amide bonds. The van der Waals surface area contributed by atoms with E-state index in [-0.39, 0.29) is 5.56 Å². The molecule has 1 heterocycles. The zero-order chi connectivity index (χ0) is 13.8. The van der Waals surface area contributed by atoms with Crippen LogP contribution in [-0.4, -0.2) is 11.1 Å². The largest absolute Gasteiger partial charge is 0.382 e. The molecular weight excluding hydrogens is 372 g/mol. The number of halogens is 2. The first kappa shape index (κ1) is 14.3. The molecule has 0 spiro atoms. The predicted molar refractivity (Wildman–Crippen MR) is 85.8 cm³/mol. The van der Waals surface area contributed by atoms with Gasteiger partial charge in [0.25, 0.3) is 5.56 Å². The third-order valence-electron chi connectivity index (χ3n) is 2.77. The normalized spacial score (nSPS) is 10.5. The lowest BCUT2D eigenvalue weighted by Gasteiger charge is -2.11. The van der Waals surface area contributed by atoms with Gasteiger partial charge in [0.1, 0.15) is 0 Å². The smallest absolute Gasteiger partial charge is 0.253 e. The lowest BCUT2D eigenvalue weighted by atomic mass is 10.3. The van der Waals surface area contributed by atoms with Gasteiger partial charge in [-0.05, 0) is 57.0 Å². The second-order valence-corrected chi connectivity index (χ2v) is 6.02. The number of benzene rings is 1. The average molecular weight is 386 g/mol. The number of pyridine rings is 1. The van der Waals surface area contributed by atoms with Gasteiger partial charge in [0.15, 0.2) is 0 Å². The van der Waals surface area contributed by atoms with E-state index in [0.29, 0.717) is 13.1 Å². The van der Waals surface area contributed by atoms with E-state index < -0.39 is 0 Å². The van der Waals surface area contributed by atoms with Crippen LogP contribution >= 0.6 is 31.9 Å². The van der Waals surface area contributed by atoms with E-state index in [0.717, 1.165) is 20.2 Å². The Morgan fingerprint density at radius 1 is 1.26 bits per heavy atom. The number of nitrogens with one attached hydrogen (secondary N) is 1. The van der Waals surface area contributed by atoms with Crippen molar-refractivity contribution >= 4 is 37.5 Å². The van der Waals surface area contributed by atoms with Crippen molar-refractivity contribution in [3.63, 3.8) is 0 Å². The Bertz CT molecular complexity index is 638. The SMILES string of the molecule is Cc1cc(Br)cn(CCNc2ccccc2Br)c1=O. The van der Waals surface area contributed by atoms with Crippen LogP contribution < -0.4 is 10.9 Å². The molecule has 5 heteroatoms. The number of anilines is 1. The van der Waals surface area contributed by atoms with Gasteiger partial charge in [0.05, 0.1) is 0 Å². The molecule has 2 rings (SSSR count). The van der Waals surface area contributed by atoms with Crippen molar-refractivity contribution in [3.05, 3.63) is 61.4 Å². The van der Waals surface area contributed by atoms with Gasteiger partial charge in [0.2, 0.25) is 0 Å². The van der Waals surface area contributed by atoms with Crippen LogP contribution in [0.5, 0.6) is 0 Å². The van der Waals surface area contributed by atoms with E-state index in [4.69, 9.17) is 0 Å². The van der Waals surface area contributed by atoms with E-state index >= 15 is 0 Å². The van der Waals surface area contributed by atoms with E-state index in [1.165, 1.54) is 0 Å². The first-order valence-electron chi connectivity index (χ1n) is 5.93. The zero-order valence-electron chi connectivity index (χ0n) is 10.5. The lowest BCUT2D eigenvalue weighted by molar-refractivity contribution is 0.690. The third kappa shape index (κ3) is 3.70. The molecule has 3 nitrogen and oxygen atoms in total. The maximum absolute atomic E-state index is 11.9. The Hall–Kier alpha value is -1.07. The number of aryl methyl sites for hydroxylation is 1. The number of hydrogen-bond acceptors (Lipinski definition) is 2. The summed E-state index contributed by atoms with van der Waals surface area (Å²) in [4.78, 5) is 11.9. The van der Waals surface area contributed by atoms with Crippen molar-refractivity contribution in [2.24, 2.45) is 0 Å². The highest BCUT2D eigenvalue weighted by molar-refractivity contribution is 9.10. The molecule has 0 atom stereocenters. The van der Waals surface area contributed by atoms with Gasteiger partial charge in [-0.3, -0.25) is 4.79 Å². The van der Waals surface area contributed by atoms with Crippen molar-refractivity contribution in [2.45, 2.75) is 13.5 Å². The van der Waals surface area contributed by atoms with E-state index in [1.807, 2.05) is 43.5 Å². The molecule has 100 valence electrons. The van der Waals surface area contributed by atoms with E-state index in [9.17, 15) is 4.79 Å². The van der Waals surface area contributed by atoms with Gasteiger partial charge in [-0.2, -0.15) is 0 Å². The summed E-state index contributed by atoms with van der Waals surface area (Å²) >= 11 is 6.89. The van der Waals surface area contributed by atoms with Crippen LogP contribution in [0.25, 0.3) is 0 Å². The Kier molecular flexibility index (Phi) is 4.82. The highest BCUT2D eigenvalue weighted by Crippen LogP contribution is 2.20. The fourth-order valence-corrected chi connectivity index (χ4v) is 2.84.